The van der Waals surface area contributed by atoms with Gasteiger partial charge in [-0.1, -0.05) is 80.2 Å². The summed E-state index contributed by atoms with van der Waals surface area (Å²) in [5.74, 6) is 4.59. The standard InChI is InChI=1S/C24H26N2O4.C15H13NO2.C9H13NO2.CH4.I3.I2.HI/c1-28-21-10-4-5-11-22(21)29-14-13-25-15-17(27)16-30-23-12-6-9-20-24(23)18-7-2-3-8-19(18)26-20;1-2-5-12-11(4-1)15-13(16-12)6-3-7-14(15)18-9-10-8-17-10;1-11-8-4-2-3-5-9(8)12-7-6-10;;1-3-2;1-2;/h2-12,17,25-27H,13-16H2,1H3;1-7,10,16H,8-9H2;2-5H,6-7,10H2,1H3;1H4;;;1H/q;;;;-1;;. The first-order valence-electron chi connectivity index (χ1n) is 20.5. The van der Waals surface area contributed by atoms with Gasteiger partial charge in [-0.3, -0.25) is 0 Å². The molecular formula is C49H57I6N4O8-. The van der Waals surface area contributed by atoms with Crippen molar-refractivity contribution in [2.75, 3.05) is 66.9 Å². The van der Waals surface area contributed by atoms with E-state index in [0.717, 1.165) is 67.8 Å². The molecule has 67 heavy (non-hydrogen) atoms. The molecule has 12 nitrogen and oxygen atoms in total. The Balaban J connectivity index is 0.000000273. The molecule has 9 rings (SSSR count). The monoisotopic (exact) mass is 1590 g/mol. The molecule has 6 N–H and O–H groups in total. The van der Waals surface area contributed by atoms with Gasteiger partial charge in [0.25, 0.3) is 0 Å². The fourth-order valence-corrected chi connectivity index (χ4v) is 6.72. The SMILES string of the molecule is C.COc1ccccc1OCCN.COc1ccccc1OCCNCC(O)COc1cccc2[nH]c3ccccc3c12.I.II.I[I-]I.c1ccc2c(c1)[nH]c1cccc(OCC3CO3)c12. The minimum atomic E-state index is -0.628. The molecule has 8 aromatic rings. The number of aliphatic hydroxyl groups is 1. The largest absolute Gasteiger partial charge is 0.490 e. The predicted octanol–water partition coefficient (Wildman–Crippen LogP) is 9.67. The molecule has 0 radical (unpaired) electrons. The van der Waals surface area contributed by atoms with E-state index < -0.39 is 6.10 Å². The molecule has 0 amide bonds. The summed E-state index contributed by atoms with van der Waals surface area (Å²) < 4.78 is 38.4. The second-order valence-corrected chi connectivity index (χ2v) is 30.2. The second-order valence-electron chi connectivity index (χ2n) is 14.0. The van der Waals surface area contributed by atoms with Crippen LogP contribution in [0.25, 0.3) is 43.6 Å². The maximum Gasteiger partial charge on any atom is 0.129 e. The summed E-state index contributed by atoms with van der Waals surface area (Å²) in [5, 5.41) is 18.0. The average Bonchev–Trinajstić information content (AvgIpc) is 3.99. The van der Waals surface area contributed by atoms with Gasteiger partial charge in [0.1, 0.15) is 50.1 Å². The number of para-hydroxylation sites is 6. The number of rotatable bonds is 17. The zero-order valence-corrected chi connectivity index (χ0v) is 49.3. The fourth-order valence-electron chi connectivity index (χ4n) is 6.72. The third-order valence-electron chi connectivity index (χ3n) is 9.67. The van der Waals surface area contributed by atoms with E-state index >= 15 is 0 Å². The fraction of sp³-hybridized carbons (Fsp3) is 0.265. The number of halogens is 6. The minimum Gasteiger partial charge on any atom is -0.490 e. The molecular weight excluding hydrogens is 1530 g/mol. The number of aromatic amines is 2. The number of hydrogen-bond donors (Lipinski definition) is 5. The molecule has 2 unspecified atom stereocenters. The van der Waals surface area contributed by atoms with Crippen LogP contribution < -0.4 is 52.7 Å². The van der Waals surface area contributed by atoms with Crippen LogP contribution in [-0.4, -0.2) is 94.2 Å². The quantitative estimate of drug-likeness (QED) is 0.0338. The maximum atomic E-state index is 10.3. The Morgan fingerprint density at radius 2 is 1.06 bits per heavy atom. The first-order chi connectivity index (χ1) is 32.0. The second kappa shape index (κ2) is 33.5. The van der Waals surface area contributed by atoms with Crippen LogP contribution in [0.2, 0.25) is 0 Å². The Morgan fingerprint density at radius 3 is 1.54 bits per heavy atom. The van der Waals surface area contributed by atoms with E-state index in [-0.39, 0.29) is 44.1 Å². The Labute approximate surface area is 463 Å². The summed E-state index contributed by atoms with van der Waals surface area (Å²) >= 11 is 9.54. The number of nitrogens with one attached hydrogen (secondary N) is 3. The van der Waals surface area contributed by atoms with Crippen molar-refractivity contribution in [3.63, 3.8) is 0 Å². The number of hydrogen-bond acceptors (Lipinski definition) is 10. The number of epoxide rings is 1. The summed E-state index contributed by atoms with van der Waals surface area (Å²) in [4.78, 5) is 6.81. The number of aromatic nitrogens is 2. The van der Waals surface area contributed by atoms with Crippen molar-refractivity contribution in [2.45, 2.75) is 19.6 Å². The Morgan fingerprint density at radius 1 is 0.642 bits per heavy atom. The predicted molar refractivity (Wildman–Crippen MR) is 315 cm³/mol. The number of methoxy groups -OCH3 is 2. The minimum absolute atomic E-state index is 0. The number of nitrogens with two attached hydrogens (primary N) is 1. The van der Waals surface area contributed by atoms with Gasteiger partial charge in [-0.15, -0.1) is 24.0 Å². The molecule has 2 aromatic heterocycles. The molecule has 2 atom stereocenters. The van der Waals surface area contributed by atoms with Crippen LogP contribution in [0.4, 0.5) is 0 Å². The van der Waals surface area contributed by atoms with Gasteiger partial charge in [-0.05, 0) is 60.7 Å². The van der Waals surface area contributed by atoms with E-state index in [0.29, 0.717) is 64.2 Å². The normalized spacial score (nSPS) is 12.5. The molecule has 0 spiro atoms. The zero-order chi connectivity index (χ0) is 46.2. The van der Waals surface area contributed by atoms with Crippen LogP contribution in [0.15, 0.2) is 133 Å². The molecule has 1 fully saturated rings. The molecule has 364 valence electrons. The summed E-state index contributed by atoms with van der Waals surface area (Å²) in [7, 11) is 3.23. The van der Waals surface area contributed by atoms with Gasteiger partial charge in [0.15, 0.2) is 23.0 Å². The van der Waals surface area contributed by atoms with Crippen LogP contribution in [0, 0.1) is 0 Å². The van der Waals surface area contributed by atoms with Crippen LogP contribution in [0.5, 0.6) is 34.5 Å². The number of aliphatic hydroxyl groups excluding tert-OH is 1. The Kier molecular flexibility index (Phi) is 29.6. The van der Waals surface area contributed by atoms with Crippen molar-refractivity contribution in [2.24, 2.45) is 5.73 Å². The van der Waals surface area contributed by atoms with Crippen molar-refractivity contribution in [3.05, 3.63) is 133 Å². The van der Waals surface area contributed by atoms with Gasteiger partial charge in [0.2, 0.25) is 0 Å². The van der Waals surface area contributed by atoms with Gasteiger partial charge >= 0.3 is 50.5 Å². The Hall–Kier alpha value is -2.06. The molecule has 3 heterocycles. The maximum absolute atomic E-state index is 10.3. The number of H-pyrrole nitrogens is 2. The van der Waals surface area contributed by atoms with E-state index in [1.165, 1.54) is 5.39 Å². The third kappa shape index (κ3) is 18.6. The van der Waals surface area contributed by atoms with E-state index in [2.05, 4.69) is 120 Å². The van der Waals surface area contributed by atoms with Gasteiger partial charge < -0.3 is 59.3 Å². The molecule has 0 aliphatic carbocycles. The van der Waals surface area contributed by atoms with Crippen LogP contribution in [0.1, 0.15) is 7.43 Å². The van der Waals surface area contributed by atoms with Gasteiger partial charge in [0.05, 0.1) is 31.9 Å². The first-order valence-corrected chi connectivity index (χ1v) is 39.3. The van der Waals surface area contributed by atoms with Gasteiger partial charge in [0, 0.05) is 89.4 Å². The Bertz CT molecular complexity index is 2620. The molecule has 1 saturated heterocycles. The number of benzene rings is 6. The van der Waals surface area contributed by atoms with Crippen molar-refractivity contribution >= 4 is 142 Å². The summed E-state index contributed by atoms with van der Waals surface area (Å²) in [6.45, 7) is 4.19. The van der Waals surface area contributed by atoms with Crippen molar-refractivity contribution in [3.8, 4) is 34.5 Å². The van der Waals surface area contributed by atoms with Gasteiger partial charge in [-0.25, -0.2) is 0 Å². The molecule has 1 aliphatic heterocycles. The summed E-state index contributed by atoms with van der Waals surface area (Å²) in [5.41, 5.74) is 9.66. The molecule has 0 bridgehead atoms. The van der Waals surface area contributed by atoms with E-state index in [1.807, 2.05) is 103 Å². The smallest absolute Gasteiger partial charge is 0.129 e. The molecule has 0 saturated carbocycles. The van der Waals surface area contributed by atoms with E-state index in [9.17, 15) is 5.11 Å². The molecule has 18 heteroatoms. The van der Waals surface area contributed by atoms with Crippen molar-refractivity contribution in [1.82, 2.24) is 15.3 Å². The van der Waals surface area contributed by atoms with E-state index in [4.69, 9.17) is 38.9 Å². The van der Waals surface area contributed by atoms with Crippen molar-refractivity contribution in [1.29, 1.82) is 0 Å². The third-order valence-corrected chi connectivity index (χ3v) is 9.67. The topological polar surface area (TPSA) is 158 Å². The molecule has 6 aromatic carbocycles. The first kappa shape index (κ1) is 59.2. The number of ether oxygens (including phenoxy) is 7. The van der Waals surface area contributed by atoms with E-state index in [1.54, 1.807) is 14.2 Å². The summed E-state index contributed by atoms with van der Waals surface area (Å²) in [6, 6.07) is 43.5. The van der Waals surface area contributed by atoms with Crippen molar-refractivity contribution < 1.29 is 51.5 Å². The van der Waals surface area contributed by atoms with Crippen LogP contribution >= 0.6 is 98.4 Å². The molecule has 1 aliphatic rings. The average molecular weight is 1590 g/mol. The van der Waals surface area contributed by atoms with Gasteiger partial charge in [-0.2, -0.15) is 0 Å². The zero-order valence-electron chi connectivity index (χ0n) is 36.2. The van der Waals surface area contributed by atoms with Crippen LogP contribution in [0.3, 0.4) is 0 Å². The van der Waals surface area contributed by atoms with Crippen LogP contribution in [-0.2, 0) is 4.74 Å². The number of fused-ring (bicyclic) bond motifs is 6. The summed E-state index contributed by atoms with van der Waals surface area (Å²) in [6.07, 6.45) is -0.345.